The largest absolute Gasteiger partial charge is 0.447 e. The third kappa shape index (κ3) is 8.15. The molecule has 0 radical (unpaired) electrons. The van der Waals surface area contributed by atoms with Crippen LogP contribution in [0.3, 0.4) is 0 Å². The zero-order valence-electron chi connectivity index (χ0n) is 24.4. The van der Waals surface area contributed by atoms with Gasteiger partial charge in [-0.2, -0.15) is 0 Å². The molecular formula is C31H39N5O5. The smallest absolute Gasteiger partial charge is 0.417 e. The number of aromatic nitrogens is 3. The highest BCUT2D eigenvalue weighted by molar-refractivity contribution is 5.97. The highest BCUT2D eigenvalue weighted by Gasteiger charge is 2.42. The molecule has 1 saturated heterocycles. The van der Waals surface area contributed by atoms with E-state index in [1.165, 1.54) is 4.90 Å². The topological polar surface area (TPSA) is 116 Å². The summed E-state index contributed by atoms with van der Waals surface area (Å²) < 4.78 is 12.6. The van der Waals surface area contributed by atoms with E-state index in [1.54, 1.807) is 45.3 Å². The van der Waals surface area contributed by atoms with Crippen LogP contribution in [0.25, 0.3) is 0 Å². The predicted octanol–water partition coefficient (Wildman–Crippen LogP) is 5.59. The standard InChI is InChI=1S/C31H39N5O5/c1-21(2)13-15-35-16-14-32-27(35)25(18-23-11-12-26(33-19-23)34-29(38)41-31(3,4)5)28(37)36-24(20-40-30(36)39)17-22-9-7-6-8-10-22/h6-12,14,16,19,21,24-25H,13,15,17-18,20H2,1-5H3,(H,33,34,38)/t24-,25-/m1/s1. The minimum atomic E-state index is -0.743. The van der Waals surface area contributed by atoms with E-state index in [1.807, 2.05) is 41.1 Å². The summed E-state index contributed by atoms with van der Waals surface area (Å²) in [6, 6.07) is 12.8. The zero-order valence-corrected chi connectivity index (χ0v) is 24.4. The van der Waals surface area contributed by atoms with Crippen LogP contribution >= 0.6 is 0 Å². The van der Waals surface area contributed by atoms with Crippen molar-refractivity contribution in [1.82, 2.24) is 19.4 Å². The van der Waals surface area contributed by atoms with Gasteiger partial charge in [0.25, 0.3) is 0 Å². The number of anilines is 1. The van der Waals surface area contributed by atoms with E-state index in [0.29, 0.717) is 30.5 Å². The van der Waals surface area contributed by atoms with Crippen molar-refractivity contribution in [3.8, 4) is 0 Å². The van der Waals surface area contributed by atoms with Crippen LogP contribution in [0.5, 0.6) is 0 Å². The number of hydrogen-bond donors (Lipinski definition) is 1. The van der Waals surface area contributed by atoms with Crippen LogP contribution in [0, 0.1) is 5.92 Å². The molecule has 41 heavy (non-hydrogen) atoms. The molecule has 0 bridgehead atoms. The van der Waals surface area contributed by atoms with Gasteiger partial charge in [-0.1, -0.05) is 50.2 Å². The summed E-state index contributed by atoms with van der Waals surface area (Å²) in [6.45, 7) is 10.5. The van der Waals surface area contributed by atoms with E-state index in [2.05, 4.69) is 29.1 Å². The number of benzene rings is 1. The number of rotatable bonds is 10. The minimum Gasteiger partial charge on any atom is -0.447 e. The summed E-state index contributed by atoms with van der Waals surface area (Å²) >= 11 is 0. The number of carbonyl (C=O) groups is 3. The van der Waals surface area contributed by atoms with Crippen molar-refractivity contribution in [3.63, 3.8) is 0 Å². The average molecular weight is 562 g/mol. The van der Waals surface area contributed by atoms with E-state index in [-0.39, 0.29) is 18.9 Å². The molecule has 1 aliphatic rings. The first kappa shape index (κ1) is 29.8. The van der Waals surface area contributed by atoms with Crippen molar-refractivity contribution in [2.24, 2.45) is 5.92 Å². The Hall–Kier alpha value is -4.21. The Morgan fingerprint density at radius 1 is 1.10 bits per heavy atom. The van der Waals surface area contributed by atoms with Gasteiger partial charge in [-0.25, -0.2) is 24.5 Å². The first-order valence-electron chi connectivity index (χ1n) is 14.0. The average Bonchev–Trinajstić information content (AvgIpc) is 3.52. The van der Waals surface area contributed by atoms with Crippen LogP contribution in [0.2, 0.25) is 0 Å². The molecule has 0 saturated carbocycles. The van der Waals surface area contributed by atoms with Crippen molar-refractivity contribution in [2.45, 2.75) is 78.0 Å². The minimum absolute atomic E-state index is 0.139. The normalized spacial score (nSPS) is 16.0. The summed E-state index contributed by atoms with van der Waals surface area (Å²) in [6.07, 6.45) is 5.60. The molecule has 1 aliphatic heterocycles. The van der Waals surface area contributed by atoms with Crippen LogP contribution in [0.4, 0.5) is 15.4 Å². The fourth-order valence-corrected chi connectivity index (χ4v) is 4.70. The summed E-state index contributed by atoms with van der Waals surface area (Å²) in [5.74, 6) is 0.284. The van der Waals surface area contributed by atoms with Gasteiger partial charge in [0.1, 0.15) is 29.8 Å². The third-order valence-corrected chi connectivity index (χ3v) is 6.71. The lowest BCUT2D eigenvalue weighted by Crippen LogP contribution is -2.44. The zero-order chi connectivity index (χ0) is 29.6. The lowest BCUT2D eigenvalue weighted by Gasteiger charge is -2.25. The number of hydrogen-bond acceptors (Lipinski definition) is 7. The van der Waals surface area contributed by atoms with Crippen LogP contribution in [0.1, 0.15) is 63.9 Å². The number of nitrogens with zero attached hydrogens (tertiary/aromatic N) is 4. The summed E-state index contributed by atoms with van der Waals surface area (Å²) in [7, 11) is 0. The first-order valence-corrected chi connectivity index (χ1v) is 14.0. The van der Waals surface area contributed by atoms with E-state index in [0.717, 1.165) is 17.5 Å². The van der Waals surface area contributed by atoms with Crippen LogP contribution < -0.4 is 5.32 Å². The summed E-state index contributed by atoms with van der Waals surface area (Å²) in [5, 5.41) is 2.62. The van der Waals surface area contributed by atoms with E-state index in [9.17, 15) is 14.4 Å². The number of cyclic esters (lactones) is 1. The van der Waals surface area contributed by atoms with Crippen LogP contribution in [-0.4, -0.2) is 55.8 Å². The maximum atomic E-state index is 14.2. The number of amides is 3. The molecule has 0 spiro atoms. The van der Waals surface area contributed by atoms with Gasteiger partial charge in [-0.05, 0) is 63.1 Å². The molecule has 10 heteroatoms. The number of aryl methyl sites for hydroxylation is 1. The van der Waals surface area contributed by atoms with Crippen molar-refractivity contribution in [3.05, 3.63) is 78.0 Å². The summed E-state index contributed by atoms with van der Waals surface area (Å²) in [4.78, 5) is 49.4. The summed E-state index contributed by atoms with van der Waals surface area (Å²) in [5.41, 5.74) is 1.13. The van der Waals surface area contributed by atoms with E-state index >= 15 is 0 Å². The number of carbonyl (C=O) groups excluding carboxylic acids is 3. The second-order valence-electron chi connectivity index (χ2n) is 11.7. The molecule has 1 fully saturated rings. The Labute approximate surface area is 241 Å². The van der Waals surface area contributed by atoms with Gasteiger partial charge < -0.3 is 14.0 Å². The fraction of sp³-hybridized carbons (Fsp3) is 0.452. The molecule has 1 N–H and O–H groups in total. The maximum absolute atomic E-state index is 14.2. The molecule has 10 nitrogen and oxygen atoms in total. The highest BCUT2D eigenvalue weighted by atomic mass is 16.6. The lowest BCUT2D eigenvalue weighted by molar-refractivity contribution is -0.131. The first-order chi connectivity index (χ1) is 19.5. The molecule has 3 amide bonds. The van der Waals surface area contributed by atoms with Gasteiger partial charge in [-0.3, -0.25) is 10.1 Å². The second kappa shape index (κ2) is 13.0. The molecular weight excluding hydrogens is 522 g/mol. The SMILES string of the molecule is CC(C)CCn1ccnc1[C@@H](Cc1ccc(NC(=O)OC(C)(C)C)nc1)C(=O)N1C(=O)OC[C@H]1Cc1ccccc1. The number of pyridine rings is 1. The van der Waals surface area contributed by atoms with Crippen molar-refractivity contribution in [1.29, 1.82) is 0 Å². The molecule has 0 aliphatic carbocycles. The Bertz CT molecular complexity index is 1330. The van der Waals surface area contributed by atoms with Crippen molar-refractivity contribution in [2.75, 3.05) is 11.9 Å². The Balaban J connectivity index is 1.59. The second-order valence-corrected chi connectivity index (χ2v) is 11.7. The number of imide groups is 1. The Morgan fingerprint density at radius 2 is 1.85 bits per heavy atom. The van der Waals surface area contributed by atoms with E-state index in [4.69, 9.17) is 9.47 Å². The van der Waals surface area contributed by atoms with E-state index < -0.39 is 29.7 Å². The molecule has 2 aromatic heterocycles. The number of ether oxygens (including phenoxy) is 2. The Morgan fingerprint density at radius 3 is 2.51 bits per heavy atom. The molecule has 218 valence electrons. The monoisotopic (exact) mass is 561 g/mol. The van der Waals surface area contributed by atoms with Gasteiger partial charge >= 0.3 is 12.2 Å². The van der Waals surface area contributed by atoms with Gasteiger partial charge in [-0.15, -0.1) is 0 Å². The molecule has 3 aromatic rings. The fourth-order valence-electron chi connectivity index (χ4n) is 4.70. The molecule has 4 rings (SSSR count). The lowest BCUT2D eigenvalue weighted by atomic mass is 9.96. The highest BCUT2D eigenvalue weighted by Crippen LogP contribution is 2.28. The van der Waals surface area contributed by atoms with Crippen molar-refractivity contribution < 1.29 is 23.9 Å². The number of imidazole rings is 1. The maximum Gasteiger partial charge on any atom is 0.417 e. The van der Waals surface area contributed by atoms with Gasteiger partial charge in [0.05, 0.1) is 6.04 Å². The van der Waals surface area contributed by atoms with Crippen LogP contribution in [-0.2, 0) is 33.7 Å². The van der Waals surface area contributed by atoms with Crippen molar-refractivity contribution >= 4 is 23.9 Å². The van der Waals surface area contributed by atoms with Gasteiger partial charge in [0, 0.05) is 25.1 Å². The predicted molar refractivity (Wildman–Crippen MR) is 154 cm³/mol. The molecule has 1 aromatic carbocycles. The molecule has 3 heterocycles. The van der Waals surface area contributed by atoms with Gasteiger partial charge in [0.2, 0.25) is 5.91 Å². The number of nitrogens with one attached hydrogen (secondary N) is 1. The third-order valence-electron chi connectivity index (χ3n) is 6.71. The Kier molecular flexibility index (Phi) is 9.42. The molecule has 0 unspecified atom stereocenters. The quantitative estimate of drug-likeness (QED) is 0.343. The van der Waals surface area contributed by atoms with Crippen LogP contribution in [0.15, 0.2) is 61.1 Å². The molecule has 2 atom stereocenters. The van der Waals surface area contributed by atoms with Gasteiger partial charge in [0.15, 0.2) is 0 Å².